The van der Waals surface area contributed by atoms with Gasteiger partial charge in [0.25, 0.3) is 5.91 Å². The number of halogens is 3. The number of hydrogen-bond donors (Lipinski definition) is 1. The van der Waals surface area contributed by atoms with E-state index in [1.165, 1.54) is 18.2 Å². The Morgan fingerprint density at radius 3 is 2.60 bits per heavy atom. The van der Waals surface area contributed by atoms with Gasteiger partial charge in [0.2, 0.25) is 0 Å². The zero-order valence-corrected chi connectivity index (χ0v) is 14.7. The molecule has 1 amide bonds. The topological polar surface area (TPSA) is 55.1 Å². The Morgan fingerprint density at radius 2 is 1.92 bits per heavy atom. The number of carbonyl (C=O) groups excluding carboxylic acids is 1. The van der Waals surface area contributed by atoms with Crippen molar-refractivity contribution in [2.75, 3.05) is 0 Å². The molecule has 3 rings (SSSR count). The number of carbonyl (C=O) groups is 1. The van der Waals surface area contributed by atoms with Crippen LogP contribution in [0.15, 0.2) is 47.0 Å². The van der Waals surface area contributed by atoms with Crippen LogP contribution in [0.3, 0.4) is 0 Å². The molecule has 0 radical (unpaired) electrons. The monoisotopic (exact) mass is 378 g/mol. The van der Waals surface area contributed by atoms with Gasteiger partial charge < -0.3 is 9.84 Å². The number of amides is 1. The van der Waals surface area contributed by atoms with Gasteiger partial charge in [-0.2, -0.15) is 0 Å². The minimum absolute atomic E-state index is 0.0395. The normalized spacial score (nSPS) is 10.7. The van der Waals surface area contributed by atoms with E-state index in [0.29, 0.717) is 5.02 Å². The first-order chi connectivity index (χ1) is 12.0. The summed E-state index contributed by atoms with van der Waals surface area (Å²) in [6.07, 6.45) is 0. The third-order valence-electron chi connectivity index (χ3n) is 3.66. The number of nitrogens with one attached hydrogen (secondary N) is 1. The number of nitrogens with zero attached hydrogens (tertiary/aromatic N) is 1. The maximum Gasteiger partial charge on any atom is 0.257 e. The van der Waals surface area contributed by atoms with E-state index in [9.17, 15) is 9.18 Å². The van der Waals surface area contributed by atoms with E-state index >= 15 is 0 Å². The Kier molecular flexibility index (Phi) is 5.06. The zero-order valence-electron chi connectivity index (χ0n) is 13.1. The highest BCUT2D eigenvalue weighted by Gasteiger charge is 2.25. The molecule has 0 bridgehead atoms. The first-order valence-corrected chi connectivity index (χ1v) is 8.16. The molecule has 1 heterocycles. The molecule has 0 saturated heterocycles. The molecule has 2 aromatic carbocycles. The summed E-state index contributed by atoms with van der Waals surface area (Å²) in [5, 5.41) is 7.35. The molecule has 0 aliphatic rings. The molecule has 3 aromatic rings. The van der Waals surface area contributed by atoms with Gasteiger partial charge in [0, 0.05) is 11.6 Å². The van der Waals surface area contributed by atoms with Gasteiger partial charge in [-0.15, -0.1) is 0 Å². The maximum absolute atomic E-state index is 14.2. The lowest BCUT2D eigenvalue weighted by Crippen LogP contribution is -2.23. The Morgan fingerprint density at radius 1 is 1.20 bits per heavy atom. The van der Waals surface area contributed by atoms with E-state index in [1.54, 1.807) is 31.2 Å². The number of hydrogen-bond acceptors (Lipinski definition) is 3. The van der Waals surface area contributed by atoms with Crippen molar-refractivity contribution in [3.05, 3.63) is 75.2 Å². The summed E-state index contributed by atoms with van der Waals surface area (Å²) in [5.41, 5.74) is 1.14. The zero-order chi connectivity index (χ0) is 18.0. The first kappa shape index (κ1) is 17.5. The second-order valence-electron chi connectivity index (χ2n) is 5.37. The van der Waals surface area contributed by atoms with Gasteiger partial charge in [0.05, 0.1) is 10.6 Å². The summed E-state index contributed by atoms with van der Waals surface area (Å²) in [4.78, 5) is 12.6. The average molecular weight is 379 g/mol. The molecular formula is C18H13Cl2FN2O2. The standard InChI is InChI=1S/C18H13Cl2FN2O2/c1-10-15(18(24)22-9-11-5-7-12(19)8-6-11)17(23-25-10)16-13(20)3-2-4-14(16)21/h2-8H,9H2,1H3,(H,22,24). The lowest BCUT2D eigenvalue weighted by atomic mass is 10.0. The predicted octanol–water partition coefficient (Wildman–Crippen LogP) is 5.03. The van der Waals surface area contributed by atoms with Crippen LogP contribution < -0.4 is 5.32 Å². The van der Waals surface area contributed by atoms with E-state index in [-0.39, 0.29) is 34.1 Å². The average Bonchev–Trinajstić information content (AvgIpc) is 2.95. The predicted molar refractivity (Wildman–Crippen MR) is 94.3 cm³/mol. The summed E-state index contributed by atoms with van der Waals surface area (Å²) in [6.45, 7) is 1.87. The SMILES string of the molecule is Cc1onc(-c2c(F)cccc2Cl)c1C(=O)NCc1ccc(Cl)cc1. The number of aryl methyl sites for hydroxylation is 1. The molecule has 0 saturated carbocycles. The Bertz CT molecular complexity index is 903. The smallest absolute Gasteiger partial charge is 0.257 e. The van der Waals surface area contributed by atoms with Crippen LogP contribution in [-0.2, 0) is 6.54 Å². The van der Waals surface area contributed by atoms with Crippen LogP contribution in [0, 0.1) is 12.7 Å². The maximum atomic E-state index is 14.2. The molecule has 0 spiro atoms. The highest BCUT2D eigenvalue weighted by Crippen LogP contribution is 2.33. The fourth-order valence-corrected chi connectivity index (χ4v) is 2.79. The molecule has 0 fully saturated rings. The first-order valence-electron chi connectivity index (χ1n) is 7.40. The fraction of sp³-hybridized carbons (Fsp3) is 0.111. The minimum Gasteiger partial charge on any atom is -0.360 e. The summed E-state index contributed by atoms with van der Waals surface area (Å²) in [5.74, 6) is -0.724. The number of aromatic nitrogens is 1. The molecular weight excluding hydrogens is 366 g/mol. The van der Waals surface area contributed by atoms with Crippen molar-refractivity contribution in [3.63, 3.8) is 0 Å². The van der Waals surface area contributed by atoms with Crippen LogP contribution in [0.5, 0.6) is 0 Å². The summed E-state index contributed by atoms with van der Waals surface area (Å²) in [6, 6.07) is 11.3. The van der Waals surface area contributed by atoms with Gasteiger partial charge >= 0.3 is 0 Å². The van der Waals surface area contributed by atoms with E-state index in [4.69, 9.17) is 27.7 Å². The van der Waals surface area contributed by atoms with Gasteiger partial charge in [-0.25, -0.2) is 4.39 Å². The van der Waals surface area contributed by atoms with E-state index in [2.05, 4.69) is 10.5 Å². The van der Waals surface area contributed by atoms with Crippen LogP contribution >= 0.6 is 23.2 Å². The van der Waals surface area contributed by atoms with Gasteiger partial charge in [-0.05, 0) is 36.8 Å². The van der Waals surface area contributed by atoms with Crippen molar-refractivity contribution >= 4 is 29.1 Å². The molecule has 7 heteroatoms. The quantitative estimate of drug-likeness (QED) is 0.692. The van der Waals surface area contributed by atoms with Crippen LogP contribution in [-0.4, -0.2) is 11.1 Å². The molecule has 128 valence electrons. The van der Waals surface area contributed by atoms with Gasteiger partial charge in [-0.1, -0.05) is 46.6 Å². The summed E-state index contributed by atoms with van der Waals surface area (Å²) in [7, 11) is 0. The minimum atomic E-state index is -0.576. The highest BCUT2D eigenvalue weighted by molar-refractivity contribution is 6.33. The number of rotatable bonds is 4. The van der Waals surface area contributed by atoms with E-state index < -0.39 is 11.7 Å². The third kappa shape index (κ3) is 3.67. The molecule has 25 heavy (non-hydrogen) atoms. The highest BCUT2D eigenvalue weighted by atomic mass is 35.5. The van der Waals surface area contributed by atoms with Crippen molar-refractivity contribution in [2.24, 2.45) is 0 Å². The molecule has 0 aliphatic heterocycles. The van der Waals surface area contributed by atoms with Gasteiger partial charge in [0.1, 0.15) is 22.8 Å². The second-order valence-corrected chi connectivity index (χ2v) is 6.21. The van der Waals surface area contributed by atoms with Gasteiger partial charge in [0.15, 0.2) is 0 Å². The van der Waals surface area contributed by atoms with E-state index in [1.807, 2.05) is 0 Å². The molecule has 0 unspecified atom stereocenters. The third-order valence-corrected chi connectivity index (χ3v) is 4.22. The van der Waals surface area contributed by atoms with Crippen molar-refractivity contribution < 1.29 is 13.7 Å². The van der Waals surface area contributed by atoms with Crippen molar-refractivity contribution in [2.45, 2.75) is 13.5 Å². The van der Waals surface area contributed by atoms with Crippen molar-refractivity contribution in [1.82, 2.24) is 10.5 Å². The Balaban J connectivity index is 1.88. The lowest BCUT2D eigenvalue weighted by Gasteiger charge is -2.07. The van der Waals surface area contributed by atoms with Crippen molar-refractivity contribution in [3.8, 4) is 11.3 Å². The molecule has 0 aliphatic carbocycles. The van der Waals surface area contributed by atoms with Crippen LogP contribution in [0.25, 0.3) is 11.3 Å². The van der Waals surface area contributed by atoms with Crippen LogP contribution in [0.4, 0.5) is 4.39 Å². The van der Waals surface area contributed by atoms with E-state index in [0.717, 1.165) is 5.56 Å². The van der Waals surface area contributed by atoms with Crippen molar-refractivity contribution in [1.29, 1.82) is 0 Å². The van der Waals surface area contributed by atoms with Gasteiger partial charge in [-0.3, -0.25) is 4.79 Å². The molecule has 0 atom stereocenters. The molecule has 1 aromatic heterocycles. The molecule has 1 N–H and O–H groups in total. The summed E-state index contributed by atoms with van der Waals surface area (Å²) >= 11 is 11.9. The summed E-state index contributed by atoms with van der Waals surface area (Å²) < 4.78 is 19.3. The largest absolute Gasteiger partial charge is 0.360 e. The number of benzene rings is 2. The van der Waals surface area contributed by atoms with Crippen LogP contribution in [0.1, 0.15) is 21.7 Å². The lowest BCUT2D eigenvalue weighted by molar-refractivity contribution is 0.0950. The Labute approximate surface area is 153 Å². The fourth-order valence-electron chi connectivity index (χ4n) is 2.41. The molecule has 4 nitrogen and oxygen atoms in total. The second kappa shape index (κ2) is 7.25. The Hall–Kier alpha value is -2.37. The van der Waals surface area contributed by atoms with Crippen LogP contribution in [0.2, 0.25) is 10.0 Å².